The summed E-state index contributed by atoms with van der Waals surface area (Å²) in [7, 11) is 0. The molecule has 0 amide bonds. The third-order valence-corrected chi connectivity index (χ3v) is 2.69. The van der Waals surface area contributed by atoms with Crippen molar-refractivity contribution in [2.24, 2.45) is 0 Å². The number of hydrogen-bond donors (Lipinski definition) is 2. The second-order valence-electron chi connectivity index (χ2n) is 3.13. The Hall–Kier alpha value is -1.89. The molecule has 0 saturated heterocycles. The van der Waals surface area contributed by atoms with Crippen LogP contribution in [0.1, 0.15) is 10.6 Å². The Morgan fingerprint density at radius 3 is 2.76 bits per heavy atom. The number of nitrogens with zero attached hydrogens (tertiary/aromatic N) is 1. The van der Waals surface area contributed by atoms with E-state index in [2.05, 4.69) is 25.6 Å². The second kappa shape index (κ2) is 4.17. The SMILES string of the molecule is O=C(O)c1cc(-c2c(F)ccc(Br)c2O)no1. The van der Waals surface area contributed by atoms with E-state index in [0.717, 1.165) is 12.1 Å². The summed E-state index contributed by atoms with van der Waals surface area (Å²) in [6.45, 7) is 0. The number of carboxylic acids is 1. The lowest BCUT2D eigenvalue weighted by atomic mass is 10.1. The second-order valence-corrected chi connectivity index (χ2v) is 3.99. The molecule has 0 unspecified atom stereocenters. The number of hydrogen-bond acceptors (Lipinski definition) is 4. The first-order valence-corrected chi connectivity index (χ1v) is 5.17. The van der Waals surface area contributed by atoms with Crippen molar-refractivity contribution in [3.05, 3.63) is 34.2 Å². The van der Waals surface area contributed by atoms with Gasteiger partial charge in [0.1, 0.15) is 17.3 Å². The topological polar surface area (TPSA) is 83.6 Å². The number of halogens is 2. The van der Waals surface area contributed by atoms with Gasteiger partial charge in [-0.3, -0.25) is 0 Å². The molecule has 5 nitrogen and oxygen atoms in total. The average molecular weight is 302 g/mol. The molecule has 1 aromatic carbocycles. The molecule has 0 saturated carbocycles. The van der Waals surface area contributed by atoms with Crippen molar-refractivity contribution in [3.63, 3.8) is 0 Å². The molecule has 1 heterocycles. The van der Waals surface area contributed by atoms with Gasteiger partial charge in [0, 0.05) is 6.07 Å². The van der Waals surface area contributed by atoms with Crippen molar-refractivity contribution in [3.8, 4) is 17.0 Å². The summed E-state index contributed by atoms with van der Waals surface area (Å²) < 4.78 is 18.3. The predicted octanol–water partition coefficient (Wildman–Crippen LogP) is 2.65. The third kappa shape index (κ3) is 2.01. The number of aromatic nitrogens is 1. The molecule has 1 aromatic heterocycles. The fourth-order valence-electron chi connectivity index (χ4n) is 1.28. The molecule has 2 N–H and O–H groups in total. The van der Waals surface area contributed by atoms with E-state index in [1.807, 2.05) is 0 Å². The van der Waals surface area contributed by atoms with E-state index in [-0.39, 0.29) is 21.5 Å². The van der Waals surface area contributed by atoms with Crippen molar-refractivity contribution >= 4 is 21.9 Å². The molecule has 88 valence electrons. The molecule has 0 fully saturated rings. The number of phenolic OH excluding ortho intramolecular Hbond substituents is 1. The summed E-state index contributed by atoms with van der Waals surface area (Å²) in [5.41, 5.74) is -0.297. The van der Waals surface area contributed by atoms with Gasteiger partial charge in [0.2, 0.25) is 5.76 Å². The predicted molar refractivity (Wildman–Crippen MR) is 58.2 cm³/mol. The Morgan fingerprint density at radius 1 is 1.47 bits per heavy atom. The van der Waals surface area contributed by atoms with E-state index in [0.29, 0.717) is 0 Å². The van der Waals surface area contributed by atoms with Crippen LogP contribution >= 0.6 is 15.9 Å². The van der Waals surface area contributed by atoms with Gasteiger partial charge in [-0.25, -0.2) is 9.18 Å². The van der Waals surface area contributed by atoms with Crippen molar-refractivity contribution in [2.75, 3.05) is 0 Å². The van der Waals surface area contributed by atoms with E-state index in [1.165, 1.54) is 6.07 Å². The zero-order valence-electron chi connectivity index (χ0n) is 8.15. The minimum absolute atomic E-state index is 0.0845. The summed E-state index contributed by atoms with van der Waals surface area (Å²) in [5.74, 6) is -2.84. The molecular weight excluding hydrogens is 297 g/mol. The van der Waals surface area contributed by atoms with Crippen molar-refractivity contribution in [1.82, 2.24) is 5.16 Å². The van der Waals surface area contributed by atoms with Crippen LogP contribution in [-0.2, 0) is 0 Å². The maximum absolute atomic E-state index is 13.5. The van der Waals surface area contributed by atoms with E-state index in [1.54, 1.807) is 0 Å². The Labute approximate surface area is 103 Å². The zero-order chi connectivity index (χ0) is 12.6. The first kappa shape index (κ1) is 11.6. The number of carboxylic acid groups (broad SMARTS) is 1. The molecule has 0 bridgehead atoms. The summed E-state index contributed by atoms with van der Waals surface area (Å²) in [6.07, 6.45) is 0. The van der Waals surface area contributed by atoms with Gasteiger partial charge in [-0.05, 0) is 28.1 Å². The van der Waals surface area contributed by atoms with Crippen LogP contribution in [0.3, 0.4) is 0 Å². The zero-order valence-corrected chi connectivity index (χ0v) is 9.73. The third-order valence-electron chi connectivity index (χ3n) is 2.05. The van der Waals surface area contributed by atoms with Crippen LogP contribution < -0.4 is 0 Å². The average Bonchev–Trinajstić information content (AvgIpc) is 2.73. The van der Waals surface area contributed by atoms with Gasteiger partial charge in [-0.15, -0.1) is 0 Å². The number of rotatable bonds is 2. The van der Waals surface area contributed by atoms with Gasteiger partial charge >= 0.3 is 5.97 Å². The van der Waals surface area contributed by atoms with Crippen LogP contribution in [0, 0.1) is 5.82 Å². The Kier molecular flexibility index (Phi) is 2.84. The van der Waals surface area contributed by atoms with E-state index >= 15 is 0 Å². The molecule has 0 spiro atoms. The fourth-order valence-corrected chi connectivity index (χ4v) is 1.61. The largest absolute Gasteiger partial charge is 0.506 e. The van der Waals surface area contributed by atoms with Crippen LogP contribution in [0.4, 0.5) is 4.39 Å². The minimum atomic E-state index is -1.32. The summed E-state index contributed by atoms with van der Waals surface area (Å²) >= 11 is 3.02. The number of phenols is 1. The lowest BCUT2D eigenvalue weighted by Gasteiger charge is -2.03. The Bertz CT molecular complexity index is 596. The summed E-state index contributed by atoms with van der Waals surface area (Å²) in [4.78, 5) is 10.6. The highest BCUT2D eigenvalue weighted by Crippen LogP contribution is 2.36. The van der Waals surface area contributed by atoms with Gasteiger partial charge in [0.05, 0.1) is 10.0 Å². The Morgan fingerprint density at radius 2 is 2.18 bits per heavy atom. The van der Waals surface area contributed by atoms with Crippen LogP contribution in [0.25, 0.3) is 11.3 Å². The molecule has 0 aliphatic carbocycles. The first-order chi connectivity index (χ1) is 8.00. The highest BCUT2D eigenvalue weighted by Gasteiger charge is 2.19. The van der Waals surface area contributed by atoms with Gasteiger partial charge in [-0.1, -0.05) is 5.16 Å². The number of benzene rings is 1. The number of carbonyl (C=O) groups is 1. The monoisotopic (exact) mass is 301 g/mol. The molecule has 0 radical (unpaired) electrons. The van der Waals surface area contributed by atoms with Crippen LogP contribution in [0.15, 0.2) is 27.2 Å². The lowest BCUT2D eigenvalue weighted by Crippen LogP contribution is -1.91. The van der Waals surface area contributed by atoms with Gasteiger partial charge in [0.25, 0.3) is 0 Å². The quantitative estimate of drug-likeness (QED) is 0.891. The molecule has 0 aliphatic heterocycles. The maximum atomic E-state index is 13.5. The number of aromatic carboxylic acids is 1. The first-order valence-electron chi connectivity index (χ1n) is 4.38. The van der Waals surface area contributed by atoms with Crippen LogP contribution in [0.5, 0.6) is 5.75 Å². The van der Waals surface area contributed by atoms with Gasteiger partial charge in [-0.2, -0.15) is 0 Å². The molecule has 0 aliphatic rings. The molecular formula is C10H5BrFNO4. The van der Waals surface area contributed by atoms with Crippen LogP contribution in [-0.4, -0.2) is 21.3 Å². The fraction of sp³-hybridized carbons (Fsp3) is 0. The maximum Gasteiger partial charge on any atom is 0.374 e. The van der Waals surface area contributed by atoms with Crippen molar-refractivity contribution in [1.29, 1.82) is 0 Å². The van der Waals surface area contributed by atoms with E-state index in [9.17, 15) is 14.3 Å². The molecule has 7 heteroatoms. The van der Waals surface area contributed by atoms with Crippen LogP contribution in [0.2, 0.25) is 0 Å². The van der Waals surface area contributed by atoms with Crippen molar-refractivity contribution in [2.45, 2.75) is 0 Å². The normalized spacial score (nSPS) is 10.5. The molecule has 2 rings (SSSR count). The smallest absolute Gasteiger partial charge is 0.374 e. The molecule has 17 heavy (non-hydrogen) atoms. The Balaban J connectivity index is 2.60. The molecule has 0 atom stereocenters. The minimum Gasteiger partial charge on any atom is -0.506 e. The standard InChI is InChI=1S/C10H5BrFNO4/c11-4-1-2-5(12)8(9(4)14)6-3-7(10(15)16)17-13-6/h1-3,14H,(H,15,16). The lowest BCUT2D eigenvalue weighted by molar-refractivity contribution is 0.0652. The highest BCUT2D eigenvalue weighted by atomic mass is 79.9. The van der Waals surface area contributed by atoms with Gasteiger partial charge < -0.3 is 14.7 Å². The van der Waals surface area contributed by atoms with Crippen molar-refractivity contribution < 1.29 is 23.9 Å². The van der Waals surface area contributed by atoms with Gasteiger partial charge in [0.15, 0.2) is 0 Å². The summed E-state index contributed by atoms with van der Waals surface area (Å²) in [5, 5.41) is 21.7. The highest BCUT2D eigenvalue weighted by molar-refractivity contribution is 9.10. The van der Waals surface area contributed by atoms with E-state index in [4.69, 9.17) is 5.11 Å². The molecule has 2 aromatic rings. The number of aromatic hydroxyl groups is 1. The summed E-state index contributed by atoms with van der Waals surface area (Å²) in [6, 6.07) is 3.48. The van der Waals surface area contributed by atoms with E-state index < -0.39 is 17.5 Å².